The first-order valence-corrected chi connectivity index (χ1v) is 10.6. The molecule has 1 amide bonds. The lowest BCUT2D eigenvalue weighted by Gasteiger charge is -2.18. The van der Waals surface area contributed by atoms with Crippen LogP contribution in [0.15, 0.2) is 29.1 Å². The zero-order valence-corrected chi connectivity index (χ0v) is 16.6. The zero-order chi connectivity index (χ0) is 19.4. The third kappa shape index (κ3) is 4.46. The molecule has 5 nitrogen and oxygen atoms in total. The number of fused-ring (bicyclic) bond motifs is 1. The minimum Gasteiger partial charge on any atom is -0.310 e. The number of thioether (sulfide) groups is 1. The molecule has 0 aliphatic carbocycles. The van der Waals surface area contributed by atoms with E-state index in [0.717, 1.165) is 24.8 Å². The highest BCUT2D eigenvalue weighted by molar-refractivity contribution is 8.00. The number of hydrogen-bond acceptors (Lipinski definition) is 3. The molecule has 0 bridgehead atoms. The number of H-pyrrole nitrogens is 1. The monoisotopic (exact) mass is 391 g/mol. The number of carbonyl (C=O) groups excluding carboxylic acids is 1. The van der Waals surface area contributed by atoms with Gasteiger partial charge >= 0.3 is 0 Å². The highest BCUT2D eigenvalue weighted by atomic mass is 32.2. The van der Waals surface area contributed by atoms with Gasteiger partial charge in [0.2, 0.25) is 5.91 Å². The number of rotatable bonds is 7. The van der Waals surface area contributed by atoms with Crippen molar-refractivity contribution in [3.05, 3.63) is 51.6 Å². The van der Waals surface area contributed by atoms with Crippen molar-refractivity contribution in [1.82, 2.24) is 9.78 Å². The molecule has 1 aliphatic rings. The first-order chi connectivity index (χ1) is 13.0. The Labute approximate surface area is 162 Å². The SMILES string of the molecule is CCCCCC[C@H](C)n1[nH]c(=O)c2c1NC(=O)CS[C@@H]2c1ccc(F)cc1. The summed E-state index contributed by atoms with van der Waals surface area (Å²) in [6.45, 7) is 4.23. The Morgan fingerprint density at radius 2 is 1.96 bits per heavy atom. The number of aromatic nitrogens is 2. The molecule has 2 heterocycles. The number of benzene rings is 1. The molecule has 27 heavy (non-hydrogen) atoms. The molecule has 3 rings (SSSR count). The summed E-state index contributed by atoms with van der Waals surface area (Å²) >= 11 is 1.39. The third-order valence-electron chi connectivity index (χ3n) is 4.95. The second-order valence-corrected chi connectivity index (χ2v) is 8.16. The summed E-state index contributed by atoms with van der Waals surface area (Å²) < 4.78 is 15.1. The van der Waals surface area contributed by atoms with Crippen LogP contribution in [0, 0.1) is 5.82 Å². The summed E-state index contributed by atoms with van der Waals surface area (Å²) in [5, 5.41) is 5.51. The molecule has 2 aromatic rings. The van der Waals surface area contributed by atoms with Crippen LogP contribution in [-0.4, -0.2) is 21.4 Å². The largest absolute Gasteiger partial charge is 0.310 e. The molecule has 7 heteroatoms. The number of anilines is 1. The van der Waals surface area contributed by atoms with Crippen molar-refractivity contribution in [3.8, 4) is 0 Å². The number of hydrogen-bond donors (Lipinski definition) is 2. The number of carbonyl (C=O) groups is 1. The lowest BCUT2D eigenvalue weighted by Crippen LogP contribution is -2.18. The molecule has 1 aromatic carbocycles. The van der Waals surface area contributed by atoms with Crippen LogP contribution in [-0.2, 0) is 4.79 Å². The minimum atomic E-state index is -0.320. The van der Waals surface area contributed by atoms with Gasteiger partial charge in [-0.05, 0) is 31.0 Å². The molecule has 0 radical (unpaired) electrons. The predicted octanol–water partition coefficient (Wildman–Crippen LogP) is 4.62. The van der Waals surface area contributed by atoms with Gasteiger partial charge in [0.25, 0.3) is 5.56 Å². The maximum absolute atomic E-state index is 13.3. The second kappa shape index (κ2) is 8.78. The molecule has 146 valence electrons. The Hall–Kier alpha value is -2.02. The smallest absolute Gasteiger partial charge is 0.270 e. The van der Waals surface area contributed by atoms with E-state index in [1.807, 2.05) is 0 Å². The van der Waals surface area contributed by atoms with Crippen molar-refractivity contribution >= 4 is 23.5 Å². The summed E-state index contributed by atoms with van der Waals surface area (Å²) in [6.07, 6.45) is 5.55. The van der Waals surface area contributed by atoms with Crippen LogP contribution in [0.1, 0.15) is 68.4 Å². The zero-order valence-electron chi connectivity index (χ0n) is 15.8. The van der Waals surface area contributed by atoms with E-state index < -0.39 is 0 Å². The van der Waals surface area contributed by atoms with E-state index in [0.29, 0.717) is 11.4 Å². The molecule has 0 saturated heterocycles. The van der Waals surface area contributed by atoms with Crippen molar-refractivity contribution in [2.45, 2.75) is 57.2 Å². The fourth-order valence-electron chi connectivity index (χ4n) is 3.47. The number of nitrogens with zero attached hydrogens (tertiary/aromatic N) is 1. The van der Waals surface area contributed by atoms with Gasteiger partial charge in [0.15, 0.2) is 0 Å². The molecule has 0 unspecified atom stereocenters. The highest BCUT2D eigenvalue weighted by Gasteiger charge is 2.31. The van der Waals surface area contributed by atoms with E-state index >= 15 is 0 Å². The van der Waals surface area contributed by atoms with Crippen molar-refractivity contribution < 1.29 is 9.18 Å². The van der Waals surface area contributed by atoms with Crippen LogP contribution in [0.3, 0.4) is 0 Å². The molecule has 1 aromatic heterocycles. The lowest BCUT2D eigenvalue weighted by atomic mass is 10.1. The molecule has 0 fully saturated rings. The first-order valence-electron chi connectivity index (χ1n) is 9.52. The molecule has 1 aliphatic heterocycles. The standard InChI is InChI=1S/C20H26FN3O2S/c1-3-4-5-6-7-13(2)24-19-17(20(26)23-24)18(27-12-16(25)22-19)14-8-10-15(21)11-9-14/h8-11,13,18H,3-7,12H2,1-2H3,(H,22,25)(H,23,26)/t13-,18+/m0/s1. The summed E-state index contributed by atoms with van der Waals surface area (Å²) in [5.74, 6) is 0.351. The van der Waals surface area contributed by atoms with E-state index in [4.69, 9.17) is 0 Å². The van der Waals surface area contributed by atoms with Gasteiger partial charge < -0.3 is 5.32 Å². The normalized spacial score (nSPS) is 17.9. The maximum Gasteiger partial charge on any atom is 0.270 e. The number of aromatic amines is 1. The fraction of sp³-hybridized carbons (Fsp3) is 0.500. The van der Waals surface area contributed by atoms with Gasteiger partial charge in [-0.3, -0.25) is 19.4 Å². The van der Waals surface area contributed by atoms with Gasteiger partial charge in [0.05, 0.1) is 16.6 Å². The van der Waals surface area contributed by atoms with Crippen LogP contribution in [0.25, 0.3) is 0 Å². The fourth-order valence-corrected chi connectivity index (χ4v) is 4.60. The summed E-state index contributed by atoms with van der Waals surface area (Å²) in [6, 6.07) is 6.21. The minimum absolute atomic E-state index is 0.0792. The molecule has 0 spiro atoms. The lowest BCUT2D eigenvalue weighted by molar-refractivity contribution is -0.113. The number of unbranched alkanes of at least 4 members (excludes halogenated alkanes) is 3. The Morgan fingerprint density at radius 1 is 1.22 bits per heavy atom. The van der Waals surface area contributed by atoms with Gasteiger partial charge in [-0.2, -0.15) is 0 Å². The Kier molecular flexibility index (Phi) is 6.42. The van der Waals surface area contributed by atoms with E-state index in [1.54, 1.807) is 16.8 Å². The van der Waals surface area contributed by atoms with E-state index in [2.05, 4.69) is 24.3 Å². The second-order valence-electron chi connectivity index (χ2n) is 7.06. The average Bonchev–Trinajstić information content (AvgIpc) is 2.85. The van der Waals surface area contributed by atoms with E-state index in [9.17, 15) is 14.0 Å². The average molecular weight is 392 g/mol. The first kappa shape index (κ1) is 19.7. The summed E-state index contributed by atoms with van der Waals surface area (Å²) in [5.41, 5.74) is 1.16. The molecular formula is C20H26FN3O2S. The predicted molar refractivity (Wildman–Crippen MR) is 108 cm³/mol. The highest BCUT2D eigenvalue weighted by Crippen LogP contribution is 2.40. The van der Waals surface area contributed by atoms with E-state index in [-0.39, 0.29) is 34.3 Å². The third-order valence-corrected chi connectivity index (χ3v) is 6.22. The Morgan fingerprint density at radius 3 is 2.67 bits per heavy atom. The van der Waals surface area contributed by atoms with Crippen molar-refractivity contribution in [2.24, 2.45) is 0 Å². The van der Waals surface area contributed by atoms with Gasteiger partial charge in [-0.15, -0.1) is 11.8 Å². The number of halogens is 1. The van der Waals surface area contributed by atoms with Crippen LogP contribution >= 0.6 is 11.8 Å². The van der Waals surface area contributed by atoms with Crippen molar-refractivity contribution in [3.63, 3.8) is 0 Å². The molecule has 2 atom stereocenters. The summed E-state index contributed by atoms with van der Waals surface area (Å²) in [7, 11) is 0. The topological polar surface area (TPSA) is 66.9 Å². The van der Waals surface area contributed by atoms with Gasteiger partial charge in [0, 0.05) is 6.04 Å². The van der Waals surface area contributed by atoms with Gasteiger partial charge in [-0.25, -0.2) is 4.39 Å². The van der Waals surface area contributed by atoms with Crippen molar-refractivity contribution in [1.29, 1.82) is 0 Å². The van der Waals surface area contributed by atoms with Crippen LogP contribution in [0.4, 0.5) is 10.2 Å². The molecular weight excluding hydrogens is 365 g/mol. The molecule has 0 saturated carbocycles. The van der Waals surface area contributed by atoms with Crippen LogP contribution < -0.4 is 10.9 Å². The van der Waals surface area contributed by atoms with Crippen LogP contribution in [0.5, 0.6) is 0 Å². The maximum atomic E-state index is 13.3. The van der Waals surface area contributed by atoms with Gasteiger partial charge in [-0.1, -0.05) is 44.7 Å². The number of nitrogens with one attached hydrogen (secondary N) is 2. The quantitative estimate of drug-likeness (QED) is 0.677. The Balaban J connectivity index is 1.94. The summed E-state index contributed by atoms with van der Waals surface area (Å²) in [4.78, 5) is 25.0. The Bertz CT molecular complexity index is 844. The van der Waals surface area contributed by atoms with Crippen LogP contribution in [0.2, 0.25) is 0 Å². The van der Waals surface area contributed by atoms with E-state index in [1.165, 1.54) is 36.7 Å². The van der Waals surface area contributed by atoms with Gasteiger partial charge in [0.1, 0.15) is 11.6 Å². The molecule has 2 N–H and O–H groups in total. The number of amides is 1. The van der Waals surface area contributed by atoms with Crippen molar-refractivity contribution in [2.75, 3.05) is 11.1 Å².